The first-order chi connectivity index (χ1) is 11.1. The number of nitrogens with zero attached hydrogens (tertiary/aromatic N) is 1. The number of benzene rings is 1. The minimum absolute atomic E-state index is 0.344. The second-order valence-electron chi connectivity index (χ2n) is 5.47. The Hall–Kier alpha value is -1.98. The number of esters is 1. The van der Waals surface area contributed by atoms with Gasteiger partial charge in [0.25, 0.3) is 0 Å². The minimum atomic E-state index is -0.344. The van der Waals surface area contributed by atoms with Crippen molar-refractivity contribution in [2.75, 3.05) is 6.61 Å². The fourth-order valence-electron chi connectivity index (χ4n) is 3.22. The quantitative estimate of drug-likeness (QED) is 0.455. The molecule has 4 rings (SSSR count). The number of thiophene rings is 2. The summed E-state index contributed by atoms with van der Waals surface area (Å²) in [6.07, 6.45) is 0. The van der Waals surface area contributed by atoms with Crippen LogP contribution in [0.25, 0.3) is 30.9 Å². The van der Waals surface area contributed by atoms with Crippen LogP contribution in [0.4, 0.5) is 0 Å². The topological polar surface area (TPSA) is 39.2 Å². The molecule has 0 unspecified atom stereocenters. The third-order valence-electron chi connectivity index (χ3n) is 4.17. The average Bonchev–Trinajstić information content (AvgIpc) is 3.17. The molecule has 0 radical (unpaired) electrons. The largest absolute Gasteiger partial charge is 0.461 e. The summed E-state index contributed by atoms with van der Waals surface area (Å²) < 4.78 is 7.77. The zero-order valence-corrected chi connectivity index (χ0v) is 14.7. The first-order valence-electron chi connectivity index (χ1n) is 7.47. The fraction of sp³-hybridized carbons (Fsp3) is 0.222. The molecule has 116 valence electrons. The second kappa shape index (κ2) is 5.28. The van der Waals surface area contributed by atoms with E-state index in [1.807, 2.05) is 20.8 Å². The van der Waals surface area contributed by atoms with Crippen LogP contribution >= 0.6 is 22.7 Å². The number of carbonyl (C=O) groups is 1. The summed E-state index contributed by atoms with van der Waals surface area (Å²) in [4.78, 5) is 16.8. The molecule has 0 saturated heterocycles. The third kappa shape index (κ3) is 2.00. The molecule has 3 nitrogen and oxygen atoms in total. The van der Waals surface area contributed by atoms with Crippen molar-refractivity contribution < 1.29 is 9.53 Å². The highest BCUT2D eigenvalue weighted by molar-refractivity contribution is 7.25. The van der Waals surface area contributed by atoms with Gasteiger partial charge in [-0.3, -0.25) is 0 Å². The third-order valence-corrected chi connectivity index (χ3v) is 6.16. The van der Waals surface area contributed by atoms with Crippen molar-refractivity contribution in [1.82, 2.24) is 4.98 Å². The zero-order chi connectivity index (χ0) is 16.1. The molecule has 0 aliphatic carbocycles. The van der Waals surface area contributed by atoms with Crippen LogP contribution in [0.2, 0.25) is 0 Å². The predicted octanol–water partition coefficient (Wildman–Crippen LogP) is 5.46. The van der Waals surface area contributed by atoms with Gasteiger partial charge in [0.15, 0.2) is 5.69 Å². The van der Waals surface area contributed by atoms with E-state index in [0.717, 1.165) is 22.0 Å². The van der Waals surface area contributed by atoms with Crippen LogP contribution in [0.1, 0.15) is 28.7 Å². The lowest BCUT2D eigenvalue weighted by Gasteiger charge is -2.13. The molecule has 5 heteroatoms. The van der Waals surface area contributed by atoms with Crippen molar-refractivity contribution in [1.29, 1.82) is 0 Å². The number of hydrogen-bond donors (Lipinski definition) is 0. The maximum atomic E-state index is 12.3. The van der Waals surface area contributed by atoms with Crippen LogP contribution in [0.3, 0.4) is 0 Å². The molecular weight excluding hydrogens is 326 g/mol. The van der Waals surface area contributed by atoms with Gasteiger partial charge in [0.05, 0.1) is 16.0 Å². The van der Waals surface area contributed by atoms with E-state index in [0.29, 0.717) is 12.3 Å². The van der Waals surface area contributed by atoms with Crippen LogP contribution < -0.4 is 0 Å². The van der Waals surface area contributed by atoms with Gasteiger partial charge in [-0.05, 0) is 54.6 Å². The van der Waals surface area contributed by atoms with E-state index in [-0.39, 0.29) is 5.97 Å². The molecular formula is C18H15NO2S2. The van der Waals surface area contributed by atoms with E-state index >= 15 is 0 Å². The van der Waals surface area contributed by atoms with Gasteiger partial charge in [-0.15, -0.1) is 22.7 Å². The summed E-state index contributed by atoms with van der Waals surface area (Å²) >= 11 is 3.51. The molecule has 0 amide bonds. The maximum absolute atomic E-state index is 12.3. The molecule has 23 heavy (non-hydrogen) atoms. The smallest absolute Gasteiger partial charge is 0.357 e. The summed E-state index contributed by atoms with van der Waals surface area (Å²) in [7, 11) is 0. The zero-order valence-electron chi connectivity index (χ0n) is 13.1. The van der Waals surface area contributed by atoms with Crippen LogP contribution in [0.5, 0.6) is 0 Å². The Bertz CT molecular complexity index is 1080. The van der Waals surface area contributed by atoms with E-state index in [9.17, 15) is 4.79 Å². The Balaban J connectivity index is 2.23. The summed E-state index contributed by atoms with van der Waals surface area (Å²) in [5.74, 6) is -0.344. The van der Waals surface area contributed by atoms with E-state index in [2.05, 4.69) is 27.9 Å². The van der Waals surface area contributed by atoms with Crippen molar-refractivity contribution in [3.63, 3.8) is 0 Å². The van der Waals surface area contributed by atoms with Gasteiger partial charge in [0, 0.05) is 21.9 Å². The molecule has 0 aliphatic heterocycles. The summed E-state index contributed by atoms with van der Waals surface area (Å²) in [5, 5.41) is 8.94. The molecule has 3 aromatic heterocycles. The lowest BCUT2D eigenvalue weighted by Crippen LogP contribution is -2.10. The second-order valence-corrected chi connectivity index (χ2v) is 7.30. The normalized spacial score (nSPS) is 11.6. The molecule has 0 saturated carbocycles. The van der Waals surface area contributed by atoms with Crippen molar-refractivity contribution in [2.24, 2.45) is 0 Å². The van der Waals surface area contributed by atoms with Crippen molar-refractivity contribution in [3.8, 4) is 0 Å². The predicted molar refractivity (Wildman–Crippen MR) is 97.9 cm³/mol. The number of rotatable bonds is 2. The fourth-order valence-corrected chi connectivity index (χ4v) is 5.22. The van der Waals surface area contributed by atoms with Gasteiger partial charge in [-0.1, -0.05) is 0 Å². The summed E-state index contributed by atoms with van der Waals surface area (Å²) in [6.45, 7) is 6.11. The van der Waals surface area contributed by atoms with E-state index in [1.165, 1.54) is 20.2 Å². The molecule has 0 bridgehead atoms. The number of aromatic nitrogens is 1. The number of aryl methyl sites for hydroxylation is 2. The molecule has 4 aromatic rings. The van der Waals surface area contributed by atoms with Crippen LogP contribution in [0, 0.1) is 13.8 Å². The van der Waals surface area contributed by atoms with Crippen molar-refractivity contribution >= 4 is 59.6 Å². The molecule has 0 N–H and O–H groups in total. The first-order valence-corrected chi connectivity index (χ1v) is 9.23. The SMILES string of the molecule is CCOC(=O)c1nc(C)c2c3ccsc3c3sccc3c2c1C. The molecule has 0 fully saturated rings. The number of pyridine rings is 1. The lowest BCUT2D eigenvalue weighted by molar-refractivity contribution is 0.0518. The van der Waals surface area contributed by atoms with Crippen molar-refractivity contribution in [3.05, 3.63) is 39.8 Å². The Morgan fingerprint density at radius 2 is 1.70 bits per heavy atom. The Morgan fingerprint density at radius 3 is 2.30 bits per heavy atom. The van der Waals surface area contributed by atoms with Gasteiger partial charge < -0.3 is 4.74 Å². The standard InChI is InChI=1S/C18H15NO2S2/c1-4-21-18(20)15-9(2)13-11-5-7-22-16(11)17-12(6-8-23-17)14(13)10(3)19-15/h5-8H,4H2,1-3H3. The highest BCUT2D eigenvalue weighted by atomic mass is 32.1. The Labute approximate surface area is 141 Å². The number of hydrogen-bond acceptors (Lipinski definition) is 5. The Morgan fingerprint density at radius 1 is 1.09 bits per heavy atom. The van der Waals surface area contributed by atoms with Crippen LogP contribution in [-0.4, -0.2) is 17.6 Å². The van der Waals surface area contributed by atoms with E-state index in [4.69, 9.17) is 4.74 Å². The van der Waals surface area contributed by atoms with Crippen molar-refractivity contribution in [2.45, 2.75) is 20.8 Å². The van der Waals surface area contributed by atoms with E-state index < -0.39 is 0 Å². The highest BCUT2D eigenvalue weighted by Gasteiger charge is 2.21. The van der Waals surface area contributed by atoms with Crippen LogP contribution in [0.15, 0.2) is 22.9 Å². The van der Waals surface area contributed by atoms with Gasteiger partial charge in [-0.25, -0.2) is 9.78 Å². The molecule has 0 aliphatic rings. The first kappa shape index (κ1) is 14.6. The lowest BCUT2D eigenvalue weighted by atomic mass is 9.97. The minimum Gasteiger partial charge on any atom is -0.461 e. The van der Waals surface area contributed by atoms with Gasteiger partial charge in [-0.2, -0.15) is 0 Å². The molecule has 0 spiro atoms. The average molecular weight is 341 g/mol. The molecule has 1 aromatic carbocycles. The number of ether oxygens (including phenoxy) is 1. The number of carbonyl (C=O) groups excluding carboxylic acids is 1. The number of fused-ring (bicyclic) bond motifs is 6. The van der Waals surface area contributed by atoms with Crippen LogP contribution in [-0.2, 0) is 4.74 Å². The monoisotopic (exact) mass is 341 g/mol. The summed E-state index contributed by atoms with van der Waals surface area (Å²) in [6, 6.07) is 4.29. The van der Waals surface area contributed by atoms with Gasteiger partial charge in [0.1, 0.15) is 0 Å². The van der Waals surface area contributed by atoms with Gasteiger partial charge in [0.2, 0.25) is 0 Å². The van der Waals surface area contributed by atoms with Gasteiger partial charge >= 0.3 is 5.97 Å². The summed E-state index contributed by atoms with van der Waals surface area (Å²) in [5.41, 5.74) is 2.21. The Kier molecular flexibility index (Phi) is 3.36. The highest BCUT2D eigenvalue weighted by Crippen LogP contribution is 2.42. The molecule has 0 atom stereocenters. The maximum Gasteiger partial charge on any atom is 0.357 e. The molecule has 3 heterocycles. The van der Waals surface area contributed by atoms with E-state index in [1.54, 1.807) is 22.7 Å².